The second-order valence-electron chi connectivity index (χ2n) is 13.5. The van der Waals surface area contributed by atoms with Crippen molar-refractivity contribution in [1.82, 2.24) is 35.3 Å². The zero-order valence-electron chi connectivity index (χ0n) is 33.4. The molecule has 6 N–H and O–H groups in total. The zero-order chi connectivity index (χ0) is 43.2. The number of nitrogens with zero attached hydrogens (tertiary/aromatic N) is 3. The highest BCUT2D eigenvalue weighted by Gasteiger charge is 2.22. The number of hydrogen-bond donors (Lipinski definition) is 6. The summed E-state index contributed by atoms with van der Waals surface area (Å²) >= 11 is 0. The summed E-state index contributed by atoms with van der Waals surface area (Å²) in [4.78, 5) is 79.8. The van der Waals surface area contributed by atoms with E-state index in [0.29, 0.717) is 0 Å². The van der Waals surface area contributed by atoms with Crippen molar-refractivity contribution in [3.8, 4) is 23.0 Å². The number of carbonyl (C=O) groups is 4. The number of rotatable bonds is 19. The quantitative estimate of drug-likeness (QED) is 0.0661. The largest absolute Gasteiger partial charge is 0.504 e. The minimum atomic E-state index is -0.762. The minimum absolute atomic E-state index is 0.0243. The number of aromatic hydroxyl groups is 2. The average Bonchev–Trinajstić information content (AvgIpc) is 3.25. The lowest BCUT2D eigenvalue weighted by Gasteiger charge is -2.23. The van der Waals surface area contributed by atoms with Crippen LogP contribution in [0.1, 0.15) is 52.6 Å². The highest BCUT2D eigenvalue weighted by atomic mass is 16.5. The number of nitrogens with one attached hydrogen (secondary N) is 4. The van der Waals surface area contributed by atoms with Crippen molar-refractivity contribution in [2.75, 3.05) is 46.3 Å². The van der Waals surface area contributed by atoms with Crippen LogP contribution < -0.4 is 41.9 Å². The van der Waals surface area contributed by atoms with E-state index in [1.807, 2.05) is 65.6 Å². The van der Waals surface area contributed by atoms with Crippen LogP contribution >= 0.6 is 0 Å². The van der Waals surface area contributed by atoms with Crippen LogP contribution in [0.3, 0.4) is 0 Å². The molecule has 4 amide bonds. The lowest BCUT2D eigenvalue weighted by atomic mass is 10.1. The number of carbonyl (C=O) groups excluding carboxylic acids is 4. The van der Waals surface area contributed by atoms with Gasteiger partial charge in [0.1, 0.15) is 13.2 Å². The first-order valence-electron chi connectivity index (χ1n) is 19.0. The first kappa shape index (κ1) is 43.7. The van der Waals surface area contributed by atoms with E-state index < -0.39 is 46.2 Å². The molecule has 3 aromatic carbocycles. The predicted octanol–water partition coefficient (Wildman–Crippen LogP) is 1.90. The molecule has 17 heteroatoms. The number of pyridine rings is 2. The zero-order valence-corrected chi connectivity index (χ0v) is 33.4. The molecule has 0 bridgehead atoms. The Bertz CT molecular complexity index is 2310. The van der Waals surface area contributed by atoms with E-state index in [1.165, 1.54) is 52.8 Å². The van der Waals surface area contributed by atoms with E-state index in [2.05, 4.69) is 21.3 Å². The van der Waals surface area contributed by atoms with Crippen LogP contribution in [0.5, 0.6) is 23.0 Å². The van der Waals surface area contributed by atoms with E-state index >= 15 is 0 Å². The van der Waals surface area contributed by atoms with Crippen molar-refractivity contribution < 1.29 is 38.9 Å². The molecule has 0 radical (unpaired) electrons. The summed E-state index contributed by atoms with van der Waals surface area (Å²) in [5.41, 5.74) is 0.266. The SMILES string of the molecule is CNC(=O)c1ccc(C(=O)NCCN(CCNC(=O)c2ccn(C)c(=O)c2OCc2ccccc2)CCNC(=O)c2ccn(C)c(=O)c2OCc2ccccc2)c(O)c1O. The van der Waals surface area contributed by atoms with Crippen LogP contribution in [0, 0.1) is 0 Å². The van der Waals surface area contributed by atoms with Gasteiger partial charge < -0.3 is 50.1 Å². The molecule has 314 valence electrons. The van der Waals surface area contributed by atoms with E-state index in [9.17, 15) is 39.0 Å². The van der Waals surface area contributed by atoms with Crippen LogP contribution in [0.25, 0.3) is 0 Å². The third-order valence-corrected chi connectivity index (χ3v) is 9.40. The van der Waals surface area contributed by atoms with Crippen LogP contribution in [0.4, 0.5) is 0 Å². The minimum Gasteiger partial charge on any atom is -0.504 e. The summed E-state index contributed by atoms with van der Waals surface area (Å²) in [5.74, 6) is -4.21. The molecule has 2 aromatic heterocycles. The summed E-state index contributed by atoms with van der Waals surface area (Å²) in [6, 6.07) is 23.8. The van der Waals surface area contributed by atoms with Crippen LogP contribution in [-0.2, 0) is 27.3 Å². The highest BCUT2D eigenvalue weighted by Crippen LogP contribution is 2.32. The topological polar surface area (TPSA) is 223 Å². The van der Waals surface area contributed by atoms with Gasteiger partial charge in [-0.1, -0.05) is 60.7 Å². The van der Waals surface area contributed by atoms with E-state index in [4.69, 9.17) is 9.47 Å². The fraction of sp³-hybridized carbons (Fsp3) is 0.256. The van der Waals surface area contributed by atoms with Crippen molar-refractivity contribution in [3.63, 3.8) is 0 Å². The smallest absolute Gasteiger partial charge is 0.293 e. The number of benzene rings is 3. The molecule has 0 aliphatic heterocycles. The van der Waals surface area contributed by atoms with Gasteiger partial charge in [0.05, 0.1) is 22.3 Å². The number of hydrogen-bond acceptors (Lipinski definition) is 11. The van der Waals surface area contributed by atoms with Gasteiger partial charge in [0.2, 0.25) is 0 Å². The third kappa shape index (κ3) is 11.2. The molecule has 17 nitrogen and oxygen atoms in total. The fourth-order valence-corrected chi connectivity index (χ4v) is 5.99. The molecule has 0 unspecified atom stereocenters. The maximum Gasteiger partial charge on any atom is 0.293 e. The van der Waals surface area contributed by atoms with Crippen LogP contribution in [0.15, 0.2) is 107 Å². The lowest BCUT2D eigenvalue weighted by molar-refractivity contribution is 0.0932. The lowest BCUT2D eigenvalue weighted by Crippen LogP contribution is -2.43. The molecular formula is C43H47N7O10. The van der Waals surface area contributed by atoms with Crippen LogP contribution in [0.2, 0.25) is 0 Å². The molecule has 0 saturated carbocycles. The molecule has 0 fully saturated rings. The van der Waals surface area contributed by atoms with Gasteiger partial charge in [-0.2, -0.15) is 0 Å². The first-order chi connectivity index (χ1) is 28.9. The number of ether oxygens (including phenoxy) is 2. The molecule has 2 heterocycles. The van der Waals surface area contributed by atoms with Crippen molar-refractivity contribution in [2.45, 2.75) is 13.2 Å². The molecule has 5 aromatic rings. The second kappa shape index (κ2) is 20.9. The summed E-state index contributed by atoms with van der Waals surface area (Å²) < 4.78 is 14.3. The standard InChI is InChI=1S/C43H47N7O10/c1-44-38(53)30-14-15-31(35(52)34(30)51)39(54)45-18-23-50(24-19-46-40(55)32-16-21-48(2)42(57)36(32)59-26-28-10-6-4-7-11-28)25-20-47-41(56)33-17-22-49(3)43(58)37(33)60-27-29-12-8-5-9-13-29/h4-17,21-22,51-52H,18-20,23-27H2,1-3H3,(H,44,53)(H,45,54)(H,46,55)(H,47,56). The van der Waals surface area contributed by atoms with Crippen LogP contribution in [-0.4, -0.2) is 94.2 Å². The maximum atomic E-state index is 13.4. The fourth-order valence-electron chi connectivity index (χ4n) is 5.99. The number of amides is 4. The van der Waals surface area contributed by atoms with Gasteiger partial charge in [-0.25, -0.2) is 0 Å². The van der Waals surface area contributed by atoms with E-state index in [1.54, 1.807) is 14.1 Å². The first-order valence-corrected chi connectivity index (χ1v) is 19.0. The summed E-state index contributed by atoms with van der Waals surface area (Å²) in [7, 11) is 4.46. The Morgan fingerprint density at radius 2 is 0.917 bits per heavy atom. The molecule has 0 atom stereocenters. The Morgan fingerprint density at radius 3 is 1.30 bits per heavy atom. The summed E-state index contributed by atoms with van der Waals surface area (Å²) in [6.07, 6.45) is 2.93. The van der Waals surface area contributed by atoms with E-state index in [0.717, 1.165) is 11.1 Å². The predicted molar refractivity (Wildman–Crippen MR) is 222 cm³/mol. The van der Waals surface area contributed by atoms with Gasteiger partial charge in [-0.3, -0.25) is 33.7 Å². The van der Waals surface area contributed by atoms with Crippen molar-refractivity contribution in [1.29, 1.82) is 0 Å². The second-order valence-corrected chi connectivity index (χ2v) is 13.5. The molecule has 0 spiro atoms. The third-order valence-electron chi connectivity index (χ3n) is 9.40. The molecule has 0 aliphatic carbocycles. The Balaban J connectivity index is 1.26. The Morgan fingerprint density at radius 1 is 0.550 bits per heavy atom. The van der Waals surface area contributed by atoms with Gasteiger partial charge in [0.25, 0.3) is 34.7 Å². The van der Waals surface area contributed by atoms with E-state index in [-0.39, 0.29) is 86.2 Å². The molecule has 60 heavy (non-hydrogen) atoms. The number of aryl methyl sites for hydroxylation is 2. The van der Waals surface area contributed by atoms with Crippen molar-refractivity contribution >= 4 is 23.6 Å². The van der Waals surface area contributed by atoms with Gasteiger partial charge in [-0.05, 0) is 35.4 Å². The van der Waals surface area contributed by atoms with Gasteiger partial charge in [0.15, 0.2) is 23.0 Å². The van der Waals surface area contributed by atoms with Gasteiger partial charge in [0, 0.05) is 72.8 Å². The number of phenols is 2. The molecule has 0 saturated heterocycles. The van der Waals surface area contributed by atoms with Gasteiger partial charge >= 0.3 is 0 Å². The maximum absolute atomic E-state index is 13.4. The van der Waals surface area contributed by atoms with Crippen molar-refractivity contribution in [2.24, 2.45) is 14.1 Å². The Hall–Kier alpha value is -7.40. The summed E-state index contributed by atoms with van der Waals surface area (Å²) in [5, 5.41) is 31.4. The molecule has 0 aliphatic rings. The number of aromatic nitrogens is 2. The summed E-state index contributed by atoms with van der Waals surface area (Å²) in [6.45, 7) is 0.940. The normalized spacial score (nSPS) is 10.8. The monoisotopic (exact) mass is 821 g/mol. The Kier molecular flexibility index (Phi) is 15.2. The Labute approximate surface area is 345 Å². The molecule has 5 rings (SSSR count). The average molecular weight is 822 g/mol. The number of phenolic OH excluding ortho intramolecular Hbond substituents is 2. The van der Waals surface area contributed by atoms with Crippen molar-refractivity contribution in [3.05, 3.63) is 151 Å². The highest BCUT2D eigenvalue weighted by molar-refractivity contribution is 6.02. The molecular weight excluding hydrogens is 775 g/mol. The van der Waals surface area contributed by atoms with Gasteiger partial charge in [-0.15, -0.1) is 0 Å².